The van der Waals surface area contributed by atoms with Crippen LogP contribution >= 0.6 is 11.3 Å². The lowest BCUT2D eigenvalue weighted by Gasteiger charge is -2.34. The molecule has 0 aliphatic carbocycles. The number of hydrogen-bond donors (Lipinski definition) is 1. The molecule has 0 unspecified atom stereocenters. The Kier molecular flexibility index (Phi) is 6.91. The Morgan fingerprint density at radius 3 is 2.69 bits per heavy atom. The summed E-state index contributed by atoms with van der Waals surface area (Å²) < 4.78 is 5.76. The molecular weight excluding hydrogens is 346 g/mol. The zero-order valence-corrected chi connectivity index (χ0v) is 16.1. The Hall–Kier alpha value is -2.05. The van der Waals surface area contributed by atoms with Crippen LogP contribution in [0, 0.1) is 6.92 Å². The Morgan fingerprint density at radius 1 is 1.15 bits per heavy atom. The van der Waals surface area contributed by atoms with Crippen LogP contribution in [0.15, 0.2) is 41.8 Å². The molecule has 1 aromatic carbocycles. The molecule has 0 bridgehead atoms. The van der Waals surface area contributed by atoms with Gasteiger partial charge in [0.25, 0.3) is 0 Å². The quantitative estimate of drug-likeness (QED) is 0.757. The van der Waals surface area contributed by atoms with Gasteiger partial charge in [-0.05, 0) is 36.4 Å². The van der Waals surface area contributed by atoms with E-state index in [-0.39, 0.29) is 6.03 Å². The standard InChI is InChI=1S/C20H27N3O2S/c1-17-6-2-3-8-19(17)25-14-5-9-21-20(24)23-12-10-22(11-13-23)16-18-7-4-15-26-18/h2-4,6-8,15H,5,9-14,16H2,1H3,(H,21,24). The number of para-hydroxylation sites is 1. The fraction of sp³-hybridized carbons (Fsp3) is 0.450. The van der Waals surface area contributed by atoms with E-state index in [4.69, 9.17) is 4.74 Å². The zero-order chi connectivity index (χ0) is 18.2. The van der Waals surface area contributed by atoms with Crippen molar-refractivity contribution in [2.45, 2.75) is 19.9 Å². The second-order valence-corrected chi connectivity index (χ2v) is 7.57. The van der Waals surface area contributed by atoms with E-state index in [0.29, 0.717) is 13.2 Å². The van der Waals surface area contributed by atoms with Crippen molar-refractivity contribution in [3.05, 3.63) is 52.2 Å². The SMILES string of the molecule is Cc1ccccc1OCCCNC(=O)N1CCN(Cc2cccs2)CC1. The predicted molar refractivity (Wildman–Crippen MR) is 106 cm³/mol. The fourth-order valence-corrected chi connectivity index (χ4v) is 3.76. The van der Waals surface area contributed by atoms with Crippen LogP contribution in [-0.2, 0) is 6.54 Å². The molecule has 2 amide bonds. The van der Waals surface area contributed by atoms with Crippen LogP contribution in [0.5, 0.6) is 5.75 Å². The van der Waals surface area contributed by atoms with Crippen LogP contribution in [0.1, 0.15) is 16.9 Å². The van der Waals surface area contributed by atoms with Gasteiger partial charge in [0, 0.05) is 44.1 Å². The highest BCUT2D eigenvalue weighted by atomic mass is 32.1. The molecule has 0 atom stereocenters. The maximum atomic E-state index is 12.3. The maximum absolute atomic E-state index is 12.3. The Labute approximate surface area is 159 Å². The van der Waals surface area contributed by atoms with Gasteiger partial charge in [0.1, 0.15) is 5.75 Å². The normalized spacial score (nSPS) is 15.0. The molecule has 5 nitrogen and oxygen atoms in total. The second kappa shape index (κ2) is 9.59. The molecule has 0 spiro atoms. The summed E-state index contributed by atoms with van der Waals surface area (Å²) in [6, 6.07) is 12.3. The average molecular weight is 374 g/mol. The Balaban J connectivity index is 1.29. The van der Waals surface area contributed by atoms with Crippen molar-refractivity contribution in [2.24, 2.45) is 0 Å². The maximum Gasteiger partial charge on any atom is 0.317 e. The minimum absolute atomic E-state index is 0.0386. The first-order valence-electron chi connectivity index (χ1n) is 9.18. The number of carbonyl (C=O) groups is 1. The molecule has 2 heterocycles. The summed E-state index contributed by atoms with van der Waals surface area (Å²) >= 11 is 1.79. The smallest absolute Gasteiger partial charge is 0.317 e. The Morgan fingerprint density at radius 2 is 1.96 bits per heavy atom. The van der Waals surface area contributed by atoms with Gasteiger partial charge in [-0.15, -0.1) is 11.3 Å². The largest absolute Gasteiger partial charge is 0.493 e. The highest BCUT2D eigenvalue weighted by Crippen LogP contribution is 2.16. The lowest BCUT2D eigenvalue weighted by molar-refractivity contribution is 0.135. The van der Waals surface area contributed by atoms with Gasteiger partial charge in [-0.1, -0.05) is 24.3 Å². The van der Waals surface area contributed by atoms with Crippen LogP contribution < -0.4 is 10.1 Å². The monoisotopic (exact) mass is 373 g/mol. The van der Waals surface area contributed by atoms with Crippen molar-refractivity contribution in [1.29, 1.82) is 0 Å². The van der Waals surface area contributed by atoms with Gasteiger partial charge in [-0.3, -0.25) is 4.90 Å². The molecular formula is C20H27N3O2S. The van der Waals surface area contributed by atoms with Gasteiger partial charge in [0.15, 0.2) is 0 Å². The fourth-order valence-electron chi connectivity index (χ4n) is 3.01. The van der Waals surface area contributed by atoms with Gasteiger partial charge in [-0.2, -0.15) is 0 Å². The number of urea groups is 1. The number of nitrogens with zero attached hydrogens (tertiary/aromatic N) is 2. The van der Waals surface area contributed by atoms with E-state index in [9.17, 15) is 4.79 Å². The summed E-state index contributed by atoms with van der Waals surface area (Å²) in [6.45, 7) is 7.72. The number of carbonyl (C=O) groups excluding carboxylic acids is 1. The predicted octanol–water partition coefficient (Wildman–Crippen LogP) is 3.35. The number of nitrogens with one attached hydrogen (secondary N) is 1. The molecule has 0 saturated carbocycles. The molecule has 1 N–H and O–H groups in total. The number of thiophene rings is 1. The molecule has 26 heavy (non-hydrogen) atoms. The summed E-state index contributed by atoms with van der Waals surface area (Å²) in [4.78, 5) is 18.0. The van der Waals surface area contributed by atoms with E-state index in [2.05, 4.69) is 27.7 Å². The van der Waals surface area contributed by atoms with Crippen molar-refractivity contribution < 1.29 is 9.53 Å². The van der Waals surface area contributed by atoms with Gasteiger partial charge >= 0.3 is 6.03 Å². The molecule has 1 aliphatic rings. The number of rotatable bonds is 7. The van der Waals surface area contributed by atoms with E-state index >= 15 is 0 Å². The summed E-state index contributed by atoms with van der Waals surface area (Å²) in [5, 5.41) is 5.12. The van der Waals surface area contributed by atoms with Gasteiger partial charge in [-0.25, -0.2) is 4.79 Å². The first-order valence-corrected chi connectivity index (χ1v) is 10.1. The van der Waals surface area contributed by atoms with Gasteiger partial charge in [0.2, 0.25) is 0 Å². The molecule has 1 fully saturated rings. The number of aryl methyl sites for hydroxylation is 1. The van der Waals surface area contributed by atoms with Crippen LogP contribution in [0.3, 0.4) is 0 Å². The lowest BCUT2D eigenvalue weighted by Crippen LogP contribution is -2.51. The number of piperazine rings is 1. The number of amides is 2. The summed E-state index contributed by atoms with van der Waals surface area (Å²) in [6.07, 6.45) is 0.804. The van der Waals surface area contributed by atoms with Crippen LogP contribution in [0.25, 0.3) is 0 Å². The van der Waals surface area contributed by atoms with Crippen LogP contribution in [0.4, 0.5) is 4.79 Å². The number of ether oxygens (including phenoxy) is 1. The molecule has 6 heteroatoms. The van der Waals surface area contributed by atoms with E-state index in [1.165, 1.54) is 4.88 Å². The van der Waals surface area contributed by atoms with Crippen molar-refractivity contribution in [1.82, 2.24) is 15.1 Å². The van der Waals surface area contributed by atoms with Crippen molar-refractivity contribution in [2.75, 3.05) is 39.3 Å². The minimum atomic E-state index is 0.0386. The van der Waals surface area contributed by atoms with E-state index in [0.717, 1.165) is 50.5 Å². The molecule has 140 valence electrons. The van der Waals surface area contributed by atoms with E-state index in [1.807, 2.05) is 36.1 Å². The minimum Gasteiger partial charge on any atom is -0.493 e. The molecule has 1 aliphatic heterocycles. The highest BCUT2D eigenvalue weighted by molar-refractivity contribution is 7.09. The zero-order valence-electron chi connectivity index (χ0n) is 15.3. The molecule has 1 aromatic heterocycles. The number of hydrogen-bond acceptors (Lipinski definition) is 4. The van der Waals surface area contributed by atoms with Gasteiger partial charge in [0.05, 0.1) is 6.61 Å². The highest BCUT2D eigenvalue weighted by Gasteiger charge is 2.20. The van der Waals surface area contributed by atoms with Crippen LogP contribution in [-0.4, -0.2) is 55.2 Å². The summed E-state index contributed by atoms with van der Waals surface area (Å²) in [5.41, 5.74) is 1.14. The van der Waals surface area contributed by atoms with Gasteiger partial charge < -0.3 is 15.0 Å². The molecule has 3 rings (SSSR count). The lowest BCUT2D eigenvalue weighted by atomic mass is 10.2. The van der Waals surface area contributed by atoms with Crippen LogP contribution in [0.2, 0.25) is 0 Å². The summed E-state index contributed by atoms with van der Waals surface area (Å²) in [5.74, 6) is 0.917. The van der Waals surface area contributed by atoms with Crippen molar-refractivity contribution >= 4 is 17.4 Å². The van der Waals surface area contributed by atoms with E-state index in [1.54, 1.807) is 11.3 Å². The topological polar surface area (TPSA) is 44.8 Å². The molecule has 1 saturated heterocycles. The third-order valence-electron chi connectivity index (χ3n) is 4.57. The average Bonchev–Trinajstić information content (AvgIpc) is 3.16. The third-order valence-corrected chi connectivity index (χ3v) is 5.43. The first-order chi connectivity index (χ1) is 12.7. The third kappa shape index (κ3) is 5.47. The number of benzene rings is 1. The van der Waals surface area contributed by atoms with Crippen molar-refractivity contribution in [3.63, 3.8) is 0 Å². The second-order valence-electron chi connectivity index (χ2n) is 6.54. The first kappa shape index (κ1) is 18.7. The Bertz CT molecular complexity index is 682. The van der Waals surface area contributed by atoms with E-state index < -0.39 is 0 Å². The molecule has 2 aromatic rings. The summed E-state index contributed by atoms with van der Waals surface area (Å²) in [7, 11) is 0. The van der Waals surface area contributed by atoms with Crippen molar-refractivity contribution in [3.8, 4) is 5.75 Å². The molecule has 0 radical (unpaired) electrons.